The normalized spacial score (nSPS) is 21.6. The van der Waals surface area contributed by atoms with Crippen LogP contribution in [-0.4, -0.2) is 37.5 Å². The molecule has 3 nitrogen and oxygen atoms in total. The summed E-state index contributed by atoms with van der Waals surface area (Å²) in [4.78, 5) is 0. The zero-order valence-electron chi connectivity index (χ0n) is 9.38. The van der Waals surface area contributed by atoms with Crippen LogP contribution in [0.5, 0.6) is 0 Å². The van der Waals surface area contributed by atoms with Gasteiger partial charge in [-0.1, -0.05) is 6.42 Å². The molecule has 1 saturated carbocycles. The van der Waals surface area contributed by atoms with Gasteiger partial charge < -0.3 is 15.2 Å². The molecule has 1 aliphatic carbocycles. The number of hydrogen-bond acceptors (Lipinski definition) is 3. The van der Waals surface area contributed by atoms with Crippen molar-refractivity contribution in [2.45, 2.75) is 38.2 Å². The first-order valence-electron chi connectivity index (χ1n) is 5.59. The summed E-state index contributed by atoms with van der Waals surface area (Å²) >= 11 is 0. The number of methoxy groups -OCH3 is 1. The van der Waals surface area contributed by atoms with Gasteiger partial charge in [-0.25, -0.2) is 0 Å². The summed E-state index contributed by atoms with van der Waals surface area (Å²) in [7, 11) is 1.70. The minimum atomic E-state index is -0.460. The number of aliphatic hydroxyl groups is 1. The summed E-state index contributed by atoms with van der Waals surface area (Å²) in [6, 6.07) is 0. The first-order valence-corrected chi connectivity index (χ1v) is 5.59. The molecule has 0 aromatic heterocycles. The van der Waals surface area contributed by atoms with Crippen molar-refractivity contribution in [3.63, 3.8) is 0 Å². The Morgan fingerprint density at radius 3 is 2.64 bits per heavy atom. The van der Waals surface area contributed by atoms with E-state index < -0.39 is 5.60 Å². The lowest BCUT2D eigenvalue weighted by molar-refractivity contribution is -0.0406. The standard InChI is InChI=1S/C11H23NO2/c1-11(13,10-4-3-5-10)6-7-12-8-9-14-2/h10,12-13H,3-9H2,1-2H3. The van der Waals surface area contributed by atoms with Gasteiger partial charge >= 0.3 is 0 Å². The molecule has 0 radical (unpaired) electrons. The smallest absolute Gasteiger partial charge is 0.0659 e. The van der Waals surface area contributed by atoms with Crippen LogP contribution >= 0.6 is 0 Å². The summed E-state index contributed by atoms with van der Waals surface area (Å²) in [5.74, 6) is 0.534. The molecular formula is C11H23NO2. The van der Waals surface area contributed by atoms with E-state index in [1.165, 1.54) is 19.3 Å². The van der Waals surface area contributed by atoms with Crippen LogP contribution in [0.1, 0.15) is 32.6 Å². The molecule has 0 aliphatic heterocycles. The van der Waals surface area contributed by atoms with Gasteiger partial charge in [0.25, 0.3) is 0 Å². The van der Waals surface area contributed by atoms with Crippen molar-refractivity contribution in [2.24, 2.45) is 5.92 Å². The monoisotopic (exact) mass is 201 g/mol. The largest absolute Gasteiger partial charge is 0.390 e. The van der Waals surface area contributed by atoms with Crippen molar-refractivity contribution >= 4 is 0 Å². The maximum absolute atomic E-state index is 10.1. The molecule has 84 valence electrons. The summed E-state index contributed by atoms with van der Waals surface area (Å²) in [5, 5.41) is 13.4. The Kier molecular flexibility index (Phi) is 4.85. The van der Waals surface area contributed by atoms with Crippen molar-refractivity contribution in [2.75, 3.05) is 26.8 Å². The maximum Gasteiger partial charge on any atom is 0.0659 e. The molecule has 0 spiro atoms. The van der Waals surface area contributed by atoms with Crippen molar-refractivity contribution < 1.29 is 9.84 Å². The van der Waals surface area contributed by atoms with E-state index in [-0.39, 0.29) is 0 Å². The highest BCUT2D eigenvalue weighted by Gasteiger charge is 2.35. The molecule has 1 rings (SSSR count). The highest BCUT2D eigenvalue weighted by molar-refractivity contribution is 4.87. The minimum Gasteiger partial charge on any atom is -0.390 e. The second-order valence-corrected chi connectivity index (χ2v) is 4.48. The van der Waals surface area contributed by atoms with E-state index in [2.05, 4.69) is 5.32 Å². The molecule has 0 aromatic rings. The Bertz CT molecular complexity index is 155. The maximum atomic E-state index is 10.1. The molecular weight excluding hydrogens is 178 g/mol. The molecule has 0 aromatic carbocycles. The zero-order chi connectivity index (χ0) is 10.4. The fourth-order valence-electron chi connectivity index (χ4n) is 1.87. The van der Waals surface area contributed by atoms with Gasteiger partial charge in [-0.05, 0) is 38.6 Å². The van der Waals surface area contributed by atoms with E-state index in [1.807, 2.05) is 6.92 Å². The van der Waals surface area contributed by atoms with Crippen LogP contribution in [-0.2, 0) is 4.74 Å². The fourth-order valence-corrected chi connectivity index (χ4v) is 1.87. The average Bonchev–Trinajstić information content (AvgIpc) is 1.99. The summed E-state index contributed by atoms with van der Waals surface area (Å²) in [6.45, 7) is 4.46. The van der Waals surface area contributed by atoms with Crippen molar-refractivity contribution in [3.05, 3.63) is 0 Å². The SMILES string of the molecule is COCCNCCC(C)(O)C1CCC1. The molecule has 1 atom stereocenters. The van der Waals surface area contributed by atoms with Crippen LogP contribution in [0, 0.1) is 5.92 Å². The van der Waals surface area contributed by atoms with E-state index >= 15 is 0 Å². The van der Waals surface area contributed by atoms with Gasteiger partial charge in [0.15, 0.2) is 0 Å². The molecule has 0 saturated heterocycles. The second-order valence-electron chi connectivity index (χ2n) is 4.48. The first-order chi connectivity index (χ1) is 6.67. The molecule has 0 amide bonds. The van der Waals surface area contributed by atoms with Gasteiger partial charge in [0.2, 0.25) is 0 Å². The molecule has 2 N–H and O–H groups in total. The van der Waals surface area contributed by atoms with Gasteiger partial charge in [-0.15, -0.1) is 0 Å². The second kappa shape index (κ2) is 5.69. The van der Waals surface area contributed by atoms with Crippen molar-refractivity contribution in [3.8, 4) is 0 Å². The van der Waals surface area contributed by atoms with Crippen molar-refractivity contribution in [1.29, 1.82) is 0 Å². The third-order valence-corrected chi connectivity index (χ3v) is 3.28. The number of rotatable bonds is 7. The van der Waals surface area contributed by atoms with E-state index in [4.69, 9.17) is 4.74 Å². The minimum absolute atomic E-state index is 0.460. The summed E-state index contributed by atoms with van der Waals surface area (Å²) in [5.41, 5.74) is -0.460. The van der Waals surface area contributed by atoms with Gasteiger partial charge in [0, 0.05) is 13.7 Å². The van der Waals surface area contributed by atoms with Gasteiger partial charge in [-0.2, -0.15) is 0 Å². The Morgan fingerprint density at radius 1 is 1.43 bits per heavy atom. The van der Waals surface area contributed by atoms with Crippen LogP contribution in [0.3, 0.4) is 0 Å². The van der Waals surface area contributed by atoms with Crippen LogP contribution in [0.4, 0.5) is 0 Å². The van der Waals surface area contributed by atoms with Crippen LogP contribution in [0.2, 0.25) is 0 Å². The summed E-state index contributed by atoms with van der Waals surface area (Å²) < 4.78 is 4.93. The molecule has 0 heterocycles. The predicted molar refractivity (Wildman–Crippen MR) is 57.3 cm³/mol. The fraction of sp³-hybridized carbons (Fsp3) is 1.00. The molecule has 14 heavy (non-hydrogen) atoms. The van der Waals surface area contributed by atoms with E-state index in [0.717, 1.165) is 26.1 Å². The van der Waals surface area contributed by atoms with E-state index in [1.54, 1.807) is 7.11 Å². The van der Waals surface area contributed by atoms with Crippen LogP contribution in [0.25, 0.3) is 0 Å². The first kappa shape index (κ1) is 12.0. The molecule has 1 aliphatic rings. The quantitative estimate of drug-likeness (QED) is 0.607. The lowest BCUT2D eigenvalue weighted by atomic mass is 9.72. The number of hydrogen-bond donors (Lipinski definition) is 2. The molecule has 1 unspecified atom stereocenters. The highest BCUT2D eigenvalue weighted by atomic mass is 16.5. The predicted octanol–water partition coefficient (Wildman–Crippen LogP) is 1.16. The Labute approximate surface area is 86.8 Å². The van der Waals surface area contributed by atoms with Gasteiger partial charge in [0.05, 0.1) is 12.2 Å². The lowest BCUT2D eigenvalue weighted by Crippen LogP contribution is -2.41. The number of ether oxygens (including phenoxy) is 1. The van der Waals surface area contributed by atoms with Gasteiger partial charge in [0.1, 0.15) is 0 Å². The van der Waals surface area contributed by atoms with Gasteiger partial charge in [-0.3, -0.25) is 0 Å². The Hall–Kier alpha value is -0.120. The summed E-state index contributed by atoms with van der Waals surface area (Å²) in [6.07, 6.45) is 4.54. The van der Waals surface area contributed by atoms with E-state index in [0.29, 0.717) is 5.92 Å². The van der Waals surface area contributed by atoms with Crippen LogP contribution in [0.15, 0.2) is 0 Å². The lowest BCUT2D eigenvalue weighted by Gasteiger charge is -2.39. The third-order valence-electron chi connectivity index (χ3n) is 3.28. The Morgan fingerprint density at radius 2 is 2.14 bits per heavy atom. The van der Waals surface area contributed by atoms with E-state index in [9.17, 15) is 5.11 Å². The molecule has 0 bridgehead atoms. The van der Waals surface area contributed by atoms with Crippen molar-refractivity contribution in [1.82, 2.24) is 5.32 Å². The highest BCUT2D eigenvalue weighted by Crippen LogP contribution is 2.37. The number of nitrogens with one attached hydrogen (secondary N) is 1. The third kappa shape index (κ3) is 3.56. The topological polar surface area (TPSA) is 41.5 Å². The molecule has 3 heteroatoms. The zero-order valence-corrected chi connectivity index (χ0v) is 9.38. The molecule has 1 fully saturated rings. The van der Waals surface area contributed by atoms with Crippen LogP contribution < -0.4 is 5.32 Å². The Balaban J connectivity index is 2.03. The average molecular weight is 201 g/mol.